The Balaban J connectivity index is 2.28. The number of carbonyl (C=O) groups excluding carboxylic acids is 3. The number of hydrogen-bond donors (Lipinski definition) is 0. The minimum absolute atomic E-state index is 0.0162. The summed E-state index contributed by atoms with van der Waals surface area (Å²) in [4.78, 5) is 38.7. The van der Waals surface area contributed by atoms with E-state index in [9.17, 15) is 14.4 Å². The highest BCUT2D eigenvalue weighted by molar-refractivity contribution is 6.29. The smallest absolute Gasteiger partial charge is 0.223 e. The SMILES string of the molecule is COC1=CC(=O)C[C@H](c2ccccc2)C12C(=O)C(OC)=C(OC)C2=O. The molecule has 0 radical (unpaired) electrons. The van der Waals surface area contributed by atoms with Gasteiger partial charge in [-0.1, -0.05) is 30.3 Å². The average Bonchev–Trinajstić information content (AvgIpc) is 2.85. The van der Waals surface area contributed by atoms with Crippen LogP contribution in [0.2, 0.25) is 0 Å². The molecule has 0 aliphatic heterocycles. The lowest BCUT2D eigenvalue weighted by Gasteiger charge is -2.38. The monoisotopic (exact) mass is 342 g/mol. The predicted molar refractivity (Wildman–Crippen MR) is 87.4 cm³/mol. The van der Waals surface area contributed by atoms with Gasteiger partial charge >= 0.3 is 0 Å². The van der Waals surface area contributed by atoms with Gasteiger partial charge in [-0.15, -0.1) is 0 Å². The average molecular weight is 342 g/mol. The van der Waals surface area contributed by atoms with Crippen LogP contribution in [0.1, 0.15) is 17.9 Å². The Morgan fingerprint density at radius 1 is 0.880 bits per heavy atom. The number of benzene rings is 1. The van der Waals surface area contributed by atoms with Crippen molar-refractivity contribution in [3.63, 3.8) is 0 Å². The molecular formula is C19H18O6. The molecule has 0 heterocycles. The maximum absolute atomic E-state index is 13.2. The molecule has 2 aliphatic rings. The molecular weight excluding hydrogens is 324 g/mol. The highest BCUT2D eigenvalue weighted by Crippen LogP contribution is 2.54. The first-order valence-electron chi connectivity index (χ1n) is 7.78. The molecule has 0 saturated carbocycles. The second kappa shape index (κ2) is 6.20. The summed E-state index contributed by atoms with van der Waals surface area (Å²) in [5, 5.41) is 0. The fourth-order valence-corrected chi connectivity index (χ4v) is 3.70. The van der Waals surface area contributed by atoms with Crippen LogP contribution in [0.5, 0.6) is 0 Å². The van der Waals surface area contributed by atoms with Crippen molar-refractivity contribution in [2.75, 3.05) is 21.3 Å². The second-order valence-corrected chi connectivity index (χ2v) is 5.88. The molecule has 0 saturated heterocycles. The van der Waals surface area contributed by atoms with Gasteiger partial charge in [0, 0.05) is 18.4 Å². The van der Waals surface area contributed by atoms with E-state index in [0.29, 0.717) is 5.56 Å². The Kier molecular flexibility index (Phi) is 4.20. The predicted octanol–water partition coefficient (Wildman–Crippen LogP) is 1.92. The number of methoxy groups -OCH3 is 3. The van der Waals surface area contributed by atoms with Crippen LogP contribution in [0.4, 0.5) is 0 Å². The van der Waals surface area contributed by atoms with E-state index in [0.717, 1.165) is 0 Å². The van der Waals surface area contributed by atoms with Gasteiger partial charge in [0.15, 0.2) is 11.2 Å². The number of ketones is 3. The molecule has 1 aromatic carbocycles. The first kappa shape index (κ1) is 17.0. The lowest BCUT2D eigenvalue weighted by molar-refractivity contribution is -0.139. The van der Waals surface area contributed by atoms with Crippen LogP contribution in [0.25, 0.3) is 0 Å². The Labute approximate surface area is 145 Å². The van der Waals surface area contributed by atoms with Crippen LogP contribution < -0.4 is 0 Å². The second-order valence-electron chi connectivity index (χ2n) is 5.88. The highest BCUT2D eigenvalue weighted by atomic mass is 16.5. The fourth-order valence-electron chi connectivity index (χ4n) is 3.70. The third-order valence-corrected chi connectivity index (χ3v) is 4.77. The van der Waals surface area contributed by atoms with Crippen LogP contribution in [0.15, 0.2) is 53.7 Å². The van der Waals surface area contributed by atoms with Crippen LogP contribution in [-0.2, 0) is 28.6 Å². The molecule has 130 valence electrons. The van der Waals surface area contributed by atoms with Crippen LogP contribution >= 0.6 is 0 Å². The molecule has 3 rings (SSSR count). The number of Topliss-reactive ketones (excluding diaryl/α,β-unsaturated/α-hetero) is 2. The Morgan fingerprint density at radius 3 is 1.92 bits per heavy atom. The summed E-state index contributed by atoms with van der Waals surface area (Å²) < 4.78 is 15.6. The van der Waals surface area contributed by atoms with E-state index in [4.69, 9.17) is 14.2 Å². The molecule has 6 nitrogen and oxygen atoms in total. The summed E-state index contributed by atoms with van der Waals surface area (Å²) in [5.41, 5.74) is -0.978. The third-order valence-electron chi connectivity index (χ3n) is 4.77. The van der Waals surface area contributed by atoms with Gasteiger partial charge in [-0.3, -0.25) is 14.4 Å². The summed E-state index contributed by atoms with van der Waals surface area (Å²) in [6.45, 7) is 0. The molecule has 2 aliphatic carbocycles. The molecule has 0 bridgehead atoms. The van der Waals surface area contributed by atoms with Gasteiger partial charge in [-0.2, -0.15) is 0 Å². The first-order valence-corrected chi connectivity index (χ1v) is 7.78. The Morgan fingerprint density at radius 2 is 1.44 bits per heavy atom. The molecule has 0 N–H and O–H groups in total. The quantitative estimate of drug-likeness (QED) is 0.778. The zero-order valence-electron chi connectivity index (χ0n) is 14.2. The summed E-state index contributed by atoms with van der Waals surface area (Å²) in [7, 11) is 3.95. The van der Waals surface area contributed by atoms with Gasteiger partial charge in [-0.05, 0) is 5.56 Å². The molecule has 0 aromatic heterocycles. The van der Waals surface area contributed by atoms with Crippen molar-refractivity contribution in [1.82, 2.24) is 0 Å². The van der Waals surface area contributed by atoms with E-state index in [1.165, 1.54) is 27.4 Å². The molecule has 0 fully saturated rings. The van der Waals surface area contributed by atoms with Gasteiger partial charge in [0.1, 0.15) is 5.76 Å². The van der Waals surface area contributed by atoms with E-state index >= 15 is 0 Å². The van der Waals surface area contributed by atoms with Gasteiger partial charge in [-0.25, -0.2) is 0 Å². The number of carbonyl (C=O) groups is 3. The molecule has 1 aromatic rings. The maximum atomic E-state index is 13.2. The zero-order valence-corrected chi connectivity index (χ0v) is 14.2. The largest absolute Gasteiger partial charge is 0.499 e. The maximum Gasteiger partial charge on any atom is 0.223 e. The lowest BCUT2D eigenvalue weighted by atomic mass is 9.62. The summed E-state index contributed by atoms with van der Waals surface area (Å²) in [6, 6.07) is 8.99. The Bertz CT molecular complexity index is 776. The van der Waals surface area contributed by atoms with E-state index in [1.54, 1.807) is 24.3 Å². The standard InChI is InChI=1S/C19H18O6/c1-23-14-10-12(20)9-13(11-7-5-4-6-8-11)19(14)17(21)15(24-2)16(25-3)18(19)22/h4-8,10,13H,9H2,1-3H3/t13-/m1/s1. The minimum Gasteiger partial charge on any atom is -0.499 e. The van der Waals surface area contributed by atoms with Gasteiger partial charge in [0.25, 0.3) is 0 Å². The van der Waals surface area contributed by atoms with E-state index in [-0.39, 0.29) is 29.5 Å². The van der Waals surface area contributed by atoms with Crippen LogP contribution in [0.3, 0.4) is 0 Å². The summed E-state index contributed by atoms with van der Waals surface area (Å²) in [5.74, 6) is -2.27. The molecule has 6 heteroatoms. The summed E-state index contributed by atoms with van der Waals surface area (Å²) in [6.07, 6.45) is 1.24. The normalized spacial score (nSPS) is 22.3. The molecule has 1 atom stereocenters. The number of hydrogen-bond acceptors (Lipinski definition) is 6. The molecule has 0 unspecified atom stereocenters. The number of rotatable bonds is 4. The van der Waals surface area contributed by atoms with Crippen molar-refractivity contribution in [3.05, 3.63) is 59.2 Å². The van der Waals surface area contributed by atoms with E-state index in [2.05, 4.69) is 0 Å². The van der Waals surface area contributed by atoms with Crippen molar-refractivity contribution < 1.29 is 28.6 Å². The first-order chi connectivity index (χ1) is 12.0. The lowest BCUT2D eigenvalue weighted by Crippen LogP contribution is -2.46. The van der Waals surface area contributed by atoms with Crippen LogP contribution in [0, 0.1) is 5.41 Å². The molecule has 1 spiro atoms. The number of ether oxygens (including phenoxy) is 3. The molecule has 25 heavy (non-hydrogen) atoms. The van der Waals surface area contributed by atoms with Crippen molar-refractivity contribution in [2.24, 2.45) is 5.41 Å². The van der Waals surface area contributed by atoms with Crippen molar-refractivity contribution >= 4 is 17.3 Å². The molecule has 0 amide bonds. The van der Waals surface area contributed by atoms with E-state index < -0.39 is 22.9 Å². The van der Waals surface area contributed by atoms with Crippen molar-refractivity contribution in [1.29, 1.82) is 0 Å². The van der Waals surface area contributed by atoms with E-state index in [1.807, 2.05) is 6.07 Å². The summed E-state index contributed by atoms with van der Waals surface area (Å²) >= 11 is 0. The topological polar surface area (TPSA) is 78.9 Å². The Hall–Kier alpha value is -2.89. The van der Waals surface area contributed by atoms with Crippen molar-refractivity contribution in [3.8, 4) is 0 Å². The van der Waals surface area contributed by atoms with Gasteiger partial charge in [0.2, 0.25) is 23.1 Å². The van der Waals surface area contributed by atoms with Crippen LogP contribution in [-0.4, -0.2) is 38.7 Å². The minimum atomic E-state index is -1.68. The fraction of sp³-hybridized carbons (Fsp3) is 0.316. The van der Waals surface area contributed by atoms with Crippen molar-refractivity contribution in [2.45, 2.75) is 12.3 Å². The van der Waals surface area contributed by atoms with Gasteiger partial charge < -0.3 is 14.2 Å². The zero-order chi connectivity index (χ0) is 18.2. The third kappa shape index (κ3) is 2.21. The highest BCUT2D eigenvalue weighted by Gasteiger charge is 2.65. The number of allylic oxidation sites excluding steroid dienone is 4. The van der Waals surface area contributed by atoms with Gasteiger partial charge in [0.05, 0.1) is 21.3 Å².